The molecule has 19 heavy (non-hydrogen) atoms. The molecule has 0 amide bonds. The van der Waals surface area contributed by atoms with Gasteiger partial charge in [0.05, 0.1) is 0 Å². The first-order valence-electron chi connectivity index (χ1n) is 6.81. The Labute approximate surface area is 117 Å². The minimum atomic E-state index is -0.153. The molecular weight excluding hydrogens is 257 g/mol. The highest BCUT2D eigenvalue weighted by atomic mass is 32.1. The molecule has 0 spiro atoms. The van der Waals surface area contributed by atoms with E-state index in [0.717, 1.165) is 25.6 Å². The van der Waals surface area contributed by atoms with Crippen LogP contribution in [0.4, 0.5) is 4.39 Å². The van der Waals surface area contributed by atoms with Crippen LogP contribution in [-0.4, -0.2) is 18.0 Å². The number of halogens is 1. The molecule has 0 atom stereocenters. The van der Waals surface area contributed by atoms with Crippen LogP contribution in [0.3, 0.4) is 0 Å². The Balaban J connectivity index is 1.54. The van der Waals surface area contributed by atoms with Crippen LogP contribution in [0, 0.1) is 5.82 Å². The third-order valence-electron chi connectivity index (χ3n) is 3.85. The van der Waals surface area contributed by atoms with Gasteiger partial charge < -0.3 is 0 Å². The van der Waals surface area contributed by atoms with Gasteiger partial charge in [-0.2, -0.15) is 0 Å². The molecule has 0 saturated carbocycles. The summed E-state index contributed by atoms with van der Waals surface area (Å²) in [7, 11) is 0. The number of thiophene rings is 1. The fourth-order valence-corrected chi connectivity index (χ4v) is 3.65. The van der Waals surface area contributed by atoms with Crippen molar-refractivity contribution in [3.05, 3.63) is 58.0 Å². The first kappa shape index (κ1) is 12.8. The standard InChI is InChI=1S/C16H18FNS/c17-15-5-3-13(4-6-15)12-18-9-7-14(8-10-18)16-2-1-11-19-16/h1-6,11,14H,7-10,12H2. The Bertz CT molecular complexity index is 498. The van der Waals surface area contributed by atoms with Crippen molar-refractivity contribution in [3.8, 4) is 0 Å². The van der Waals surface area contributed by atoms with E-state index < -0.39 is 0 Å². The molecule has 3 heteroatoms. The predicted molar refractivity (Wildman–Crippen MR) is 78.0 cm³/mol. The predicted octanol–water partition coefficient (Wildman–Crippen LogP) is 4.27. The van der Waals surface area contributed by atoms with Crippen molar-refractivity contribution in [1.82, 2.24) is 4.90 Å². The topological polar surface area (TPSA) is 3.24 Å². The maximum absolute atomic E-state index is 12.9. The largest absolute Gasteiger partial charge is 0.299 e. The van der Waals surface area contributed by atoms with E-state index >= 15 is 0 Å². The van der Waals surface area contributed by atoms with E-state index in [-0.39, 0.29) is 5.82 Å². The molecule has 1 aliphatic rings. The summed E-state index contributed by atoms with van der Waals surface area (Å²) in [6, 6.07) is 11.3. The summed E-state index contributed by atoms with van der Waals surface area (Å²) in [6.45, 7) is 3.22. The van der Waals surface area contributed by atoms with Crippen molar-refractivity contribution >= 4 is 11.3 Å². The second-order valence-electron chi connectivity index (χ2n) is 5.19. The molecular formula is C16H18FNS. The number of piperidine rings is 1. The summed E-state index contributed by atoms with van der Waals surface area (Å²) >= 11 is 1.88. The van der Waals surface area contributed by atoms with Crippen molar-refractivity contribution in [2.75, 3.05) is 13.1 Å². The van der Waals surface area contributed by atoms with E-state index in [0.29, 0.717) is 0 Å². The van der Waals surface area contributed by atoms with E-state index in [1.165, 1.54) is 23.3 Å². The van der Waals surface area contributed by atoms with E-state index in [2.05, 4.69) is 22.4 Å². The average molecular weight is 275 g/mol. The van der Waals surface area contributed by atoms with Gasteiger partial charge in [0.25, 0.3) is 0 Å². The monoisotopic (exact) mass is 275 g/mol. The number of rotatable bonds is 3. The van der Waals surface area contributed by atoms with Crippen LogP contribution in [-0.2, 0) is 6.54 Å². The highest BCUT2D eigenvalue weighted by Gasteiger charge is 2.21. The lowest BCUT2D eigenvalue weighted by Crippen LogP contribution is -2.32. The Morgan fingerprint density at radius 3 is 2.47 bits per heavy atom. The van der Waals surface area contributed by atoms with E-state index in [4.69, 9.17) is 0 Å². The van der Waals surface area contributed by atoms with Gasteiger partial charge in [0.15, 0.2) is 0 Å². The molecule has 0 bridgehead atoms. The molecule has 100 valence electrons. The van der Waals surface area contributed by atoms with Crippen molar-refractivity contribution in [3.63, 3.8) is 0 Å². The molecule has 2 heterocycles. The quantitative estimate of drug-likeness (QED) is 0.808. The van der Waals surface area contributed by atoms with E-state index in [1.807, 2.05) is 23.5 Å². The van der Waals surface area contributed by atoms with Gasteiger partial charge in [-0.25, -0.2) is 4.39 Å². The van der Waals surface area contributed by atoms with Gasteiger partial charge in [0, 0.05) is 11.4 Å². The van der Waals surface area contributed by atoms with Crippen LogP contribution in [0.1, 0.15) is 29.2 Å². The maximum Gasteiger partial charge on any atom is 0.123 e. The fourth-order valence-electron chi connectivity index (χ4n) is 2.75. The molecule has 0 unspecified atom stereocenters. The number of hydrogen-bond acceptors (Lipinski definition) is 2. The molecule has 1 aromatic heterocycles. The zero-order valence-electron chi connectivity index (χ0n) is 10.9. The third kappa shape index (κ3) is 3.23. The maximum atomic E-state index is 12.9. The Morgan fingerprint density at radius 2 is 1.84 bits per heavy atom. The van der Waals surface area contributed by atoms with E-state index in [1.54, 1.807) is 12.1 Å². The van der Waals surface area contributed by atoms with Crippen LogP contribution in [0.25, 0.3) is 0 Å². The molecule has 1 nitrogen and oxygen atoms in total. The first-order valence-corrected chi connectivity index (χ1v) is 7.69. The van der Waals surface area contributed by atoms with Gasteiger partial charge in [0.2, 0.25) is 0 Å². The smallest absolute Gasteiger partial charge is 0.123 e. The highest BCUT2D eigenvalue weighted by Crippen LogP contribution is 2.31. The molecule has 1 aromatic carbocycles. The molecule has 1 saturated heterocycles. The minimum Gasteiger partial charge on any atom is -0.299 e. The zero-order valence-corrected chi connectivity index (χ0v) is 11.7. The molecule has 0 aliphatic carbocycles. The molecule has 2 aromatic rings. The summed E-state index contributed by atoms with van der Waals surface area (Å²) in [4.78, 5) is 4.00. The zero-order chi connectivity index (χ0) is 13.1. The van der Waals surface area contributed by atoms with Gasteiger partial charge >= 0.3 is 0 Å². The summed E-state index contributed by atoms with van der Waals surface area (Å²) in [6.07, 6.45) is 2.48. The van der Waals surface area contributed by atoms with Crippen molar-refractivity contribution in [2.45, 2.75) is 25.3 Å². The normalized spacial score (nSPS) is 17.7. The molecule has 0 N–H and O–H groups in total. The number of benzene rings is 1. The Kier molecular flexibility index (Phi) is 3.95. The van der Waals surface area contributed by atoms with Gasteiger partial charge in [-0.1, -0.05) is 18.2 Å². The van der Waals surface area contributed by atoms with Crippen LogP contribution < -0.4 is 0 Å². The number of nitrogens with zero attached hydrogens (tertiary/aromatic N) is 1. The van der Waals surface area contributed by atoms with Crippen LogP contribution in [0.2, 0.25) is 0 Å². The van der Waals surface area contributed by atoms with Gasteiger partial charge in [-0.15, -0.1) is 11.3 Å². The molecule has 3 rings (SSSR count). The average Bonchev–Trinajstić information content (AvgIpc) is 2.96. The van der Waals surface area contributed by atoms with Crippen LogP contribution in [0.5, 0.6) is 0 Å². The number of hydrogen-bond donors (Lipinski definition) is 0. The fraction of sp³-hybridized carbons (Fsp3) is 0.375. The lowest BCUT2D eigenvalue weighted by molar-refractivity contribution is 0.205. The summed E-state index contributed by atoms with van der Waals surface area (Å²) in [5.41, 5.74) is 1.20. The van der Waals surface area contributed by atoms with Crippen molar-refractivity contribution in [1.29, 1.82) is 0 Å². The van der Waals surface area contributed by atoms with Gasteiger partial charge in [-0.05, 0) is 61.0 Å². The third-order valence-corrected chi connectivity index (χ3v) is 4.89. The van der Waals surface area contributed by atoms with Crippen LogP contribution >= 0.6 is 11.3 Å². The van der Waals surface area contributed by atoms with Crippen LogP contribution in [0.15, 0.2) is 41.8 Å². The van der Waals surface area contributed by atoms with Crippen molar-refractivity contribution in [2.24, 2.45) is 0 Å². The number of likely N-dealkylation sites (tertiary alicyclic amines) is 1. The summed E-state index contributed by atoms with van der Waals surface area (Å²) in [5.74, 6) is 0.588. The highest BCUT2D eigenvalue weighted by molar-refractivity contribution is 7.10. The summed E-state index contributed by atoms with van der Waals surface area (Å²) in [5, 5.41) is 2.17. The van der Waals surface area contributed by atoms with E-state index in [9.17, 15) is 4.39 Å². The Hall–Kier alpha value is -1.19. The lowest BCUT2D eigenvalue weighted by Gasteiger charge is -2.31. The van der Waals surface area contributed by atoms with Crippen molar-refractivity contribution < 1.29 is 4.39 Å². The molecule has 1 aliphatic heterocycles. The molecule has 1 fully saturated rings. The summed E-state index contributed by atoms with van der Waals surface area (Å²) < 4.78 is 12.9. The van der Waals surface area contributed by atoms with Gasteiger partial charge in [-0.3, -0.25) is 4.90 Å². The minimum absolute atomic E-state index is 0.153. The lowest BCUT2D eigenvalue weighted by atomic mass is 9.95. The SMILES string of the molecule is Fc1ccc(CN2CCC(c3cccs3)CC2)cc1. The van der Waals surface area contributed by atoms with Gasteiger partial charge in [0.1, 0.15) is 5.82 Å². The second kappa shape index (κ2) is 5.85. The Morgan fingerprint density at radius 1 is 1.11 bits per heavy atom. The second-order valence-corrected chi connectivity index (χ2v) is 6.17. The molecule has 0 radical (unpaired) electrons. The first-order chi connectivity index (χ1) is 9.31.